The largest absolute Gasteiger partial charge is 0.478 e. The second-order valence-electron chi connectivity index (χ2n) is 4.01. The molecule has 2 aromatic rings. The van der Waals surface area contributed by atoms with Crippen molar-refractivity contribution >= 4 is 18.1 Å². The average molecular weight is 272 g/mol. The molecule has 2 rings (SSSR count). The van der Waals surface area contributed by atoms with Crippen LogP contribution < -0.4 is 5.43 Å². The lowest BCUT2D eigenvalue weighted by atomic mass is 10.1. The lowest BCUT2D eigenvalue weighted by molar-refractivity contribution is -0.118. The van der Waals surface area contributed by atoms with Crippen molar-refractivity contribution in [3.63, 3.8) is 0 Å². The van der Waals surface area contributed by atoms with Gasteiger partial charge in [0.25, 0.3) is 0 Å². The molecule has 102 valence electrons. The predicted octanol–water partition coefficient (Wildman–Crippen LogP) is 2.11. The maximum Gasteiger partial charge on any atom is 0.335 e. The topological polar surface area (TPSA) is 91.9 Å². The van der Waals surface area contributed by atoms with Crippen molar-refractivity contribution < 1.29 is 19.1 Å². The maximum atomic E-state index is 10.9. The minimum absolute atomic E-state index is 0.187. The Bertz CT molecular complexity index is 673. The van der Waals surface area contributed by atoms with E-state index < -0.39 is 5.97 Å². The van der Waals surface area contributed by atoms with Crippen LogP contribution in [0.3, 0.4) is 0 Å². The highest BCUT2D eigenvalue weighted by Gasteiger charge is 2.07. The minimum atomic E-state index is -0.995. The van der Waals surface area contributed by atoms with E-state index in [9.17, 15) is 9.59 Å². The third-order valence-electron chi connectivity index (χ3n) is 2.43. The second kappa shape index (κ2) is 5.83. The summed E-state index contributed by atoms with van der Waals surface area (Å²) in [5.41, 5.74) is 3.10. The fourth-order valence-corrected chi connectivity index (χ4v) is 1.57. The number of rotatable bonds is 4. The molecule has 1 aromatic heterocycles. The number of hydrogen-bond donors (Lipinski definition) is 2. The molecule has 0 aliphatic carbocycles. The molecular formula is C14H12N2O4. The number of amides is 1. The van der Waals surface area contributed by atoms with Crippen molar-refractivity contribution in [2.24, 2.45) is 5.10 Å². The molecule has 0 unspecified atom stereocenters. The van der Waals surface area contributed by atoms with E-state index in [-0.39, 0.29) is 11.5 Å². The molecule has 0 bridgehead atoms. The van der Waals surface area contributed by atoms with Gasteiger partial charge in [-0.25, -0.2) is 10.2 Å². The van der Waals surface area contributed by atoms with Crippen LogP contribution in [0.4, 0.5) is 0 Å². The van der Waals surface area contributed by atoms with Gasteiger partial charge in [0.1, 0.15) is 11.5 Å². The number of carboxylic acids is 1. The first-order valence-corrected chi connectivity index (χ1v) is 5.79. The number of nitrogens with zero attached hydrogens (tertiary/aromatic N) is 1. The molecule has 20 heavy (non-hydrogen) atoms. The van der Waals surface area contributed by atoms with Crippen LogP contribution in [0, 0.1) is 0 Å². The van der Waals surface area contributed by atoms with Crippen molar-refractivity contribution in [3.8, 4) is 11.3 Å². The van der Waals surface area contributed by atoms with Gasteiger partial charge < -0.3 is 9.52 Å². The zero-order valence-electron chi connectivity index (χ0n) is 10.7. The van der Waals surface area contributed by atoms with E-state index in [1.807, 2.05) is 0 Å². The van der Waals surface area contributed by atoms with Gasteiger partial charge in [0.15, 0.2) is 0 Å². The number of hydrogen-bond acceptors (Lipinski definition) is 4. The molecule has 0 aliphatic heterocycles. The Morgan fingerprint density at radius 2 is 2.10 bits per heavy atom. The summed E-state index contributed by atoms with van der Waals surface area (Å²) in [5.74, 6) is -0.292. The summed E-state index contributed by atoms with van der Waals surface area (Å²) in [6, 6.07) is 9.81. The first-order valence-electron chi connectivity index (χ1n) is 5.79. The summed E-state index contributed by atoms with van der Waals surface area (Å²) < 4.78 is 5.49. The van der Waals surface area contributed by atoms with Crippen LogP contribution >= 0.6 is 0 Å². The zero-order chi connectivity index (χ0) is 14.5. The van der Waals surface area contributed by atoms with E-state index in [0.29, 0.717) is 17.1 Å². The first kappa shape index (κ1) is 13.5. The SMILES string of the molecule is CC(=O)NN=Cc1ccc(-c2cccc(C(=O)O)c2)o1. The van der Waals surface area contributed by atoms with Gasteiger partial charge in [-0.2, -0.15) is 5.10 Å². The molecule has 0 saturated carbocycles. The van der Waals surface area contributed by atoms with Gasteiger partial charge in [0.05, 0.1) is 11.8 Å². The molecule has 0 spiro atoms. The number of furan rings is 1. The number of nitrogens with one attached hydrogen (secondary N) is 1. The average Bonchev–Trinajstić information content (AvgIpc) is 2.87. The third-order valence-corrected chi connectivity index (χ3v) is 2.43. The number of carboxylic acid groups (broad SMARTS) is 1. The Balaban J connectivity index is 2.20. The molecule has 6 heteroatoms. The highest BCUT2D eigenvalue weighted by Crippen LogP contribution is 2.22. The number of carbonyl (C=O) groups is 2. The van der Waals surface area contributed by atoms with Crippen molar-refractivity contribution in [1.82, 2.24) is 5.43 Å². The number of aromatic carboxylic acids is 1. The summed E-state index contributed by atoms with van der Waals surface area (Å²) in [6.45, 7) is 1.35. The number of benzene rings is 1. The van der Waals surface area contributed by atoms with Crippen LogP contribution in [-0.4, -0.2) is 23.2 Å². The monoisotopic (exact) mass is 272 g/mol. The molecule has 0 aliphatic rings. The third kappa shape index (κ3) is 3.32. The second-order valence-corrected chi connectivity index (χ2v) is 4.01. The predicted molar refractivity (Wildman–Crippen MR) is 72.5 cm³/mol. The van der Waals surface area contributed by atoms with Crippen LogP contribution in [0.25, 0.3) is 11.3 Å². The highest BCUT2D eigenvalue weighted by molar-refractivity contribution is 5.89. The summed E-state index contributed by atoms with van der Waals surface area (Å²) >= 11 is 0. The van der Waals surface area contributed by atoms with Crippen LogP contribution in [-0.2, 0) is 4.79 Å². The summed E-state index contributed by atoms with van der Waals surface area (Å²) in [5, 5.41) is 12.6. The van der Waals surface area contributed by atoms with E-state index in [1.165, 1.54) is 25.3 Å². The molecule has 1 amide bonds. The van der Waals surface area contributed by atoms with E-state index in [1.54, 1.807) is 24.3 Å². The Labute approximate surface area is 114 Å². The summed E-state index contributed by atoms with van der Waals surface area (Å²) in [7, 11) is 0. The van der Waals surface area contributed by atoms with Crippen molar-refractivity contribution in [2.75, 3.05) is 0 Å². The van der Waals surface area contributed by atoms with E-state index in [4.69, 9.17) is 9.52 Å². The minimum Gasteiger partial charge on any atom is -0.478 e. The Morgan fingerprint density at radius 1 is 1.30 bits per heavy atom. The fourth-order valence-electron chi connectivity index (χ4n) is 1.57. The van der Waals surface area contributed by atoms with Crippen LogP contribution in [0.5, 0.6) is 0 Å². The molecule has 0 atom stereocenters. The maximum absolute atomic E-state index is 10.9. The molecule has 1 heterocycles. The summed E-state index contributed by atoms with van der Waals surface area (Å²) in [4.78, 5) is 21.6. The Kier molecular flexibility index (Phi) is 3.95. The van der Waals surface area contributed by atoms with Gasteiger partial charge in [-0.3, -0.25) is 4.79 Å². The van der Waals surface area contributed by atoms with Crippen LogP contribution in [0.2, 0.25) is 0 Å². The molecule has 1 aromatic carbocycles. The van der Waals surface area contributed by atoms with Crippen LogP contribution in [0.1, 0.15) is 23.0 Å². The molecule has 0 radical (unpaired) electrons. The van der Waals surface area contributed by atoms with Gasteiger partial charge in [-0.1, -0.05) is 12.1 Å². The Morgan fingerprint density at radius 3 is 2.80 bits per heavy atom. The number of carbonyl (C=O) groups excluding carboxylic acids is 1. The van der Waals surface area contributed by atoms with E-state index in [2.05, 4.69) is 10.5 Å². The van der Waals surface area contributed by atoms with Gasteiger partial charge in [-0.05, 0) is 24.3 Å². The van der Waals surface area contributed by atoms with E-state index >= 15 is 0 Å². The molecule has 0 saturated heterocycles. The Hall–Kier alpha value is -2.89. The van der Waals surface area contributed by atoms with Crippen molar-refractivity contribution in [2.45, 2.75) is 6.92 Å². The lowest BCUT2D eigenvalue weighted by Crippen LogP contribution is -2.12. The standard InChI is InChI=1S/C14H12N2O4/c1-9(17)16-15-8-12-5-6-13(20-12)10-3-2-4-11(7-10)14(18)19/h2-8H,1H3,(H,16,17)(H,18,19). The molecule has 6 nitrogen and oxygen atoms in total. The van der Waals surface area contributed by atoms with Crippen molar-refractivity contribution in [1.29, 1.82) is 0 Å². The molecule has 2 N–H and O–H groups in total. The van der Waals surface area contributed by atoms with Gasteiger partial charge in [0.2, 0.25) is 5.91 Å². The van der Waals surface area contributed by atoms with Gasteiger partial charge >= 0.3 is 5.97 Å². The normalized spacial score (nSPS) is 10.7. The molecular weight excluding hydrogens is 260 g/mol. The van der Waals surface area contributed by atoms with E-state index in [0.717, 1.165) is 0 Å². The zero-order valence-corrected chi connectivity index (χ0v) is 10.7. The molecule has 0 fully saturated rings. The highest BCUT2D eigenvalue weighted by atomic mass is 16.4. The smallest absolute Gasteiger partial charge is 0.335 e. The van der Waals surface area contributed by atoms with Crippen LogP contribution in [0.15, 0.2) is 45.9 Å². The summed E-state index contributed by atoms with van der Waals surface area (Å²) in [6.07, 6.45) is 1.37. The fraction of sp³-hybridized carbons (Fsp3) is 0.0714. The quantitative estimate of drug-likeness (QED) is 0.658. The first-order chi connectivity index (χ1) is 9.56. The lowest BCUT2D eigenvalue weighted by Gasteiger charge is -1.98. The van der Waals surface area contributed by atoms with Gasteiger partial charge in [-0.15, -0.1) is 0 Å². The van der Waals surface area contributed by atoms with Crippen molar-refractivity contribution in [3.05, 3.63) is 47.7 Å². The van der Waals surface area contributed by atoms with Gasteiger partial charge in [0, 0.05) is 12.5 Å². The number of hydrazone groups is 1.